The number of hydrogen-bond donors (Lipinski definition) is 0. The molecule has 0 aromatic rings. The van der Waals surface area contributed by atoms with Crippen LogP contribution in [-0.4, -0.2) is 24.9 Å². The van der Waals surface area contributed by atoms with Crippen LogP contribution < -0.4 is 0 Å². The summed E-state index contributed by atoms with van der Waals surface area (Å²) < 4.78 is 1.96. The van der Waals surface area contributed by atoms with Crippen molar-refractivity contribution >= 4 is 6.72 Å². The highest BCUT2D eigenvalue weighted by atomic mass is 14.9. The Balaban J connectivity index is 3.55. The molecule has 0 spiro atoms. The minimum absolute atomic E-state index is 0.385. The van der Waals surface area contributed by atoms with Crippen LogP contribution in [0.3, 0.4) is 0 Å². The van der Waals surface area contributed by atoms with E-state index in [-0.39, 0.29) is 0 Å². The average Bonchev–Trinajstić information content (AvgIpc) is 1.21. The third-order valence-electron chi connectivity index (χ3n) is 0.744. The van der Waals surface area contributed by atoms with E-state index in [1.165, 1.54) is 0 Å². The van der Waals surface area contributed by atoms with Crippen molar-refractivity contribution in [2.24, 2.45) is 5.41 Å². The van der Waals surface area contributed by atoms with Crippen LogP contribution in [0, 0.1) is 5.41 Å². The predicted octanol–water partition coefficient (Wildman–Crippen LogP) is 1.38. The van der Waals surface area contributed by atoms with Crippen LogP contribution in [0.4, 0.5) is 0 Å². The van der Waals surface area contributed by atoms with Gasteiger partial charge in [-0.2, -0.15) is 0 Å². The second-order valence-corrected chi connectivity index (χ2v) is 3.57. The zero-order valence-electron chi connectivity index (χ0n) is 6.36. The van der Waals surface area contributed by atoms with Crippen molar-refractivity contribution in [3.63, 3.8) is 0 Å². The lowest BCUT2D eigenvalue weighted by molar-refractivity contribution is -0.502. The standard InChI is InChI=1S/C7H16N/c1-7(2,3)6-8(4)5/h4,6H2,1-3,5H3/q+1. The van der Waals surface area contributed by atoms with Gasteiger partial charge in [0, 0.05) is 5.41 Å². The summed E-state index contributed by atoms with van der Waals surface area (Å²) in [6.07, 6.45) is 0. The number of rotatable bonds is 1. The molecule has 0 bridgehead atoms. The Morgan fingerprint density at radius 3 is 1.75 bits per heavy atom. The lowest BCUT2D eigenvalue weighted by atomic mass is 9.97. The predicted molar refractivity (Wildman–Crippen MR) is 37.6 cm³/mol. The summed E-state index contributed by atoms with van der Waals surface area (Å²) in [6, 6.07) is 0. The van der Waals surface area contributed by atoms with Gasteiger partial charge in [-0.3, -0.25) is 0 Å². The third-order valence-corrected chi connectivity index (χ3v) is 0.744. The van der Waals surface area contributed by atoms with Crippen molar-refractivity contribution in [2.45, 2.75) is 20.8 Å². The Labute approximate surface area is 52.0 Å². The first-order valence-electron chi connectivity index (χ1n) is 2.93. The van der Waals surface area contributed by atoms with Crippen LogP contribution in [-0.2, 0) is 0 Å². The fraction of sp³-hybridized carbons (Fsp3) is 0.857. The maximum atomic E-state index is 3.76. The molecule has 0 aliphatic heterocycles. The van der Waals surface area contributed by atoms with Gasteiger partial charge < -0.3 is 0 Å². The molecule has 1 heteroatoms. The SMILES string of the molecule is C=[N+](C)CC(C)(C)C. The van der Waals surface area contributed by atoms with Crippen LogP contribution in [0.2, 0.25) is 0 Å². The molecule has 0 unspecified atom stereocenters. The monoisotopic (exact) mass is 114 g/mol. The fourth-order valence-corrected chi connectivity index (χ4v) is 0.810. The summed E-state index contributed by atoms with van der Waals surface area (Å²) in [5.74, 6) is 0. The minimum Gasteiger partial charge on any atom is -0.244 e. The summed E-state index contributed by atoms with van der Waals surface area (Å²) in [5.41, 5.74) is 0.385. The van der Waals surface area contributed by atoms with Crippen LogP contribution in [0.15, 0.2) is 0 Å². The molecule has 8 heavy (non-hydrogen) atoms. The molecule has 0 heterocycles. The Morgan fingerprint density at radius 1 is 1.38 bits per heavy atom. The van der Waals surface area contributed by atoms with Gasteiger partial charge in [0.2, 0.25) is 0 Å². The molecule has 0 saturated carbocycles. The first-order valence-corrected chi connectivity index (χ1v) is 2.93. The van der Waals surface area contributed by atoms with Gasteiger partial charge in [0.25, 0.3) is 0 Å². The molecular weight excluding hydrogens is 98.1 g/mol. The Morgan fingerprint density at radius 2 is 1.75 bits per heavy atom. The Hall–Kier alpha value is -0.330. The second-order valence-electron chi connectivity index (χ2n) is 3.57. The van der Waals surface area contributed by atoms with Crippen molar-refractivity contribution in [1.29, 1.82) is 0 Å². The van der Waals surface area contributed by atoms with E-state index in [9.17, 15) is 0 Å². The zero-order valence-corrected chi connectivity index (χ0v) is 6.36. The van der Waals surface area contributed by atoms with E-state index in [1.54, 1.807) is 0 Å². The third kappa shape index (κ3) is 5.67. The van der Waals surface area contributed by atoms with Crippen LogP contribution in [0.25, 0.3) is 0 Å². The van der Waals surface area contributed by atoms with Crippen molar-refractivity contribution in [2.75, 3.05) is 13.6 Å². The lowest BCUT2D eigenvalue weighted by Gasteiger charge is -2.12. The van der Waals surface area contributed by atoms with Gasteiger partial charge in [-0.25, -0.2) is 4.58 Å². The van der Waals surface area contributed by atoms with Crippen molar-refractivity contribution in [3.05, 3.63) is 0 Å². The topological polar surface area (TPSA) is 3.01 Å². The molecule has 0 saturated heterocycles. The van der Waals surface area contributed by atoms with Gasteiger partial charge in [-0.1, -0.05) is 20.8 Å². The van der Waals surface area contributed by atoms with Crippen LogP contribution >= 0.6 is 0 Å². The van der Waals surface area contributed by atoms with Gasteiger partial charge in [-0.15, -0.1) is 0 Å². The van der Waals surface area contributed by atoms with Crippen molar-refractivity contribution < 1.29 is 4.58 Å². The molecule has 0 rings (SSSR count). The number of hydrogen-bond acceptors (Lipinski definition) is 0. The maximum absolute atomic E-state index is 3.76. The molecule has 0 amide bonds. The highest BCUT2D eigenvalue weighted by Crippen LogP contribution is 2.11. The smallest absolute Gasteiger partial charge is 0.146 e. The molecule has 0 fully saturated rings. The fourth-order valence-electron chi connectivity index (χ4n) is 0.810. The zero-order chi connectivity index (χ0) is 6.78. The normalized spacial score (nSPS) is 11.5. The Kier molecular flexibility index (Phi) is 2.20. The van der Waals surface area contributed by atoms with E-state index >= 15 is 0 Å². The lowest BCUT2D eigenvalue weighted by Crippen LogP contribution is -2.20. The van der Waals surface area contributed by atoms with E-state index in [0.29, 0.717) is 5.41 Å². The highest BCUT2D eigenvalue weighted by Gasteiger charge is 2.13. The molecule has 48 valence electrons. The highest BCUT2D eigenvalue weighted by molar-refractivity contribution is 5.14. The second kappa shape index (κ2) is 2.29. The molecule has 0 aromatic carbocycles. The number of nitrogens with zero attached hydrogens (tertiary/aromatic N) is 1. The Bertz CT molecular complexity index is 87.1. The van der Waals surface area contributed by atoms with E-state index in [4.69, 9.17) is 0 Å². The first kappa shape index (κ1) is 7.67. The van der Waals surface area contributed by atoms with Gasteiger partial charge in [-0.05, 0) is 0 Å². The molecule has 0 aliphatic rings. The maximum Gasteiger partial charge on any atom is 0.146 e. The quantitative estimate of drug-likeness (QED) is 0.358. The van der Waals surface area contributed by atoms with Gasteiger partial charge in [0.15, 0.2) is 0 Å². The van der Waals surface area contributed by atoms with Crippen molar-refractivity contribution in [3.8, 4) is 0 Å². The van der Waals surface area contributed by atoms with Gasteiger partial charge >= 0.3 is 0 Å². The summed E-state index contributed by atoms with van der Waals surface area (Å²) in [7, 11) is 1.99. The summed E-state index contributed by atoms with van der Waals surface area (Å²) in [4.78, 5) is 0. The molecule has 0 aliphatic carbocycles. The largest absolute Gasteiger partial charge is 0.244 e. The molecule has 1 nitrogen and oxygen atoms in total. The molecular formula is C7H16N+. The average molecular weight is 114 g/mol. The van der Waals surface area contributed by atoms with E-state index < -0.39 is 0 Å². The molecule has 0 N–H and O–H groups in total. The molecule has 0 atom stereocenters. The molecule has 0 aromatic heterocycles. The van der Waals surface area contributed by atoms with Gasteiger partial charge in [0.05, 0.1) is 0 Å². The van der Waals surface area contributed by atoms with E-state index in [0.717, 1.165) is 6.54 Å². The van der Waals surface area contributed by atoms with E-state index in [1.807, 2.05) is 11.6 Å². The first-order chi connectivity index (χ1) is 3.42. The van der Waals surface area contributed by atoms with Crippen LogP contribution in [0.1, 0.15) is 20.8 Å². The van der Waals surface area contributed by atoms with E-state index in [2.05, 4.69) is 27.5 Å². The summed E-state index contributed by atoms with van der Waals surface area (Å²) in [6.45, 7) is 11.4. The van der Waals surface area contributed by atoms with Crippen molar-refractivity contribution in [1.82, 2.24) is 0 Å². The minimum atomic E-state index is 0.385. The summed E-state index contributed by atoms with van der Waals surface area (Å²) in [5, 5.41) is 0. The molecule has 0 radical (unpaired) electrons. The van der Waals surface area contributed by atoms with Gasteiger partial charge in [0.1, 0.15) is 20.3 Å². The van der Waals surface area contributed by atoms with Crippen LogP contribution in [0.5, 0.6) is 0 Å². The summed E-state index contributed by atoms with van der Waals surface area (Å²) >= 11 is 0.